The molecule has 0 spiro atoms. The number of aliphatic hydroxyl groups excluding tert-OH is 1. The Balaban J connectivity index is 1.69. The second-order valence-corrected chi connectivity index (χ2v) is 10.6. The lowest BCUT2D eigenvalue weighted by molar-refractivity contribution is -0.134. The van der Waals surface area contributed by atoms with Crippen molar-refractivity contribution in [3.8, 4) is 10.4 Å². The summed E-state index contributed by atoms with van der Waals surface area (Å²) in [4.78, 5) is 31.4. The molecule has 0 aliphatic heterocycles. The molecule has 3 rings (SSSR count). The van der Waals surface area contributed by atoms with E-state index in [1.165, 1.54) is 0 Å². The lowest BCUT2D eigenvalue weighted by Crippen LogP contribution is -2.48. The molecule has 0 radical (unpaired) electrons. The summed E-state index contributed by atoms with van der Waals surface area (Å²) in [7, 11) is 0. The van der Waals surface area contributed by atoms with Gasteiger partial charge in [0.2, 0.25) is 5.91 Å². The first-order chi connectivity index (χ1) is 14.5. The third-order valence-corrected chi connectivity index (χ3v) is 7.23. The molecule has 2 aromatic rings. The van der Waals surface area contributed by atoms with Crippen LogP contribution in [-0.4, -0.2) is 33.9 Å². The minimum Gasteiger partial charge on any atom is -0.393 e. The molecule has 6 nitrogen and oxygen atoms in total. The Kier molecular flexibility index (Phi) is 6.98. The molecule has 1 fully saturated rings. The molecule has 5 atom stereocenters. The highest BCUT2D eigenvalue weighted by Gasteiger charge is 2.45. The minimum absolute atomic E-state index is 0.138. The molecule has 0 saturated heterocycles. The second kappa shape index (κ2) is 9.18. The maximum Gasteiger partial charge on any atom is 0.224 e. The van der Waals surface area contributed by atoms with E-state index < -0.39 is 29.4 Å². The molecule has 0 bridgehead atoms. The smallest absolute Gasteiger partial charge is 0.224 e. The highest BCUT2D eigenvalue weighted by Crippen LogP contribution is 2.36. The van der Waals surface area contributed by atoms with Gasteiger partial charge in [0.1, 0.15) is 0 Å². The van der Waals surface area contributed by atoms with E-state index in [0.717, 1.165) is 21.7 Å². The van der Waals surface area contributed by atoms with E-state index in [-0.39, 0.29) is 30.6 Å². The van der Waals surface area contributed by atoms with Crippen LogP contribution in [0, 0.1) is 24.2 Å². The standard InChI is InChI=1S/C24H33N3O3S/c1-13(15-6-8-16(9-7-15)21-14(2)26-12-31-21)27-23(30)19-11-17(28)10-18(19)20(29)22(25)24(3,4)5/h6-9,12-13,17-19,22,28H,10-11,25H2,1-5H3,(H,27,30)/t13?,17-,18?,19+,22?/m0/s1. The molecule has 1 aliphatic carbocycles. The molecule has 3 unspecified atom stereocenters. The van der Waals surface area contributed by atoms with Crippen molar-refractivity contribution in [1.29, 1.82) is 0 Å². The monoisotopic (exact) mass is 443 g/mol. The average Bonchev–Trinajstić information content (AvgIpc) is 3.31. The van der Waals surface area contributed by atoms with E-state index in [1.54, 1.807) is 11.3 Å². The molecule has 1 saturated carbocycles. The molecule has 1 aromatic heterocycles. The van der Waals surface area contributed by atoms with Crippen molar-refractivity contribution < 1.29 is 14.7 Å². The van der Waals surface area contributed by atoms with Crippen molar-refractivity contribution >= 4 is 23.0 Å². The fourth-order valence-corrected chi connectivity index (χ4v) is 4.99. The zero-order valence-electron chi connectivity index (χ0n) is 18.9. The molecule has 1 heterocycles. The van der Waals surface area contributed by atoms with Crippen LogP contribution in [0.2, 0.25) is 0 Å². The molecule has 1 aromatic carbocycles. The van der Waals surface area contributed by atoms with Gasteiger partial charge >= 0.3 is 0 Å². The number of aromatic nitrogens is 1. The van der Waals surface area contributed by atoms with Gasteiger partial charge in [0.25, 0.3) is 0 Å². The van der Waals surface area contributed by atoms with E-state index in [9.17, 15) is 14.7 Å². The third kappa shape index (κ3) is 5.22. The number of amides is 1. The van der Waals surface area contributed by atoms with Crippen LogP contribution >= 0.6 is 11.3 Å². The molecule has 168 valence electrons. The van der Waals surface area contributed by atoms with Gasteiger partial charge in [-0.1, -0.05) is 45.0 Å². The Morgan fingerprint density at radius 1 is 1.19 bits per heavy atom. The first-order valence-electron chi connectivity index (χ1n) is 10.8. The number of nitrogens with one attached hydrogen (secondary N) is 1. The van der Waals surface area contributed by atoms with E-state index in [4.69, 9.17) is 5.73 Å². The number of carbonyl (C=O) groups is 2. The number of aliphatic hydroxyl groups is 1. The van der Waals surface area contributed by atoms with Gasteiger partial charge in [-0.05, 0) is 43.2 Å². The number of rotatable bonds is 6. The summed E-state index contributed by atoms with van der Waals surface area (Å²) in [5, 5.41) is 13.2. The number of hydrogen-bond donors (Lipinski definition) is 3. The SMILES string of the molecule is Cc1ncsc1-c1ccc(C(C)NC(=O)[C@@H]2C[C@@H](O)CC2C(=O)C(N)C(C)(C)C)cc1. The van der Waals surface area contributed by atoms with Crippen molar-refractivity contribution in [2.45, 2.75) is 65.6 Å². The zero-order valence-corrected chi connectivity index (χ0v) is 19.7. The van der Waals surface area contributed by atoms with Crippen LogP contribution in [0.4, 0.5) is 0 Å². The van der Waals surface area contributed by atoms with Crippen molar-refractivity contribution in [3.63, 3.8) is 0 Å². The molecule has 4 N–H and O–H groups in total. The number of ketones is 1. The zero-order chi connectivity index (χ0) is 22.9. The van der Waals surface area contributed by atoms with E-state index in [0.29, 0.717) is 0 Å². The van der Waals surface area contributed by atoms with Gasteiger partial charge in [-0.2, -0.15) is 0 Å². The van der Waals surface area contributed by atoms with Crippen LogP contribution in [0.15, 0.2) is 29.8 Å². The highest BCUT2D eigenvalue weighted by molar-refractivity contribution is 7.13. The molecule has 1 amide bonds. The van der Waals surface area contributed by atoms with Crippen molar-refractivity contribution in [2.24, 2.45) is 23.0 Å². The van der Waals surface area contributed by atoms with Crippen LogP contribution in [0.5, 0.6) is 0 Å². The second-order valence-electron chi connectivity index (χ2n) is 9.70. The van der Waals surface area contributed by atoms with Crippen molar-refractivity contribution in [3.05, 3.63) is 41.0 Å². The van der Waals surface area contributed by atoms with Gasteiger partial charge in [-0.3, -0.25) is 9.59 Å². The summed E-state index contributed by atoms with van der Waals surface area (Å²) in [6.45, 7) is 9.65. The van der Waals surface area contributed by atoms with Crippen molar-refractivity contribution in [2.75, 3.05) is 0 Å². The fourth-order valence-electron chi connectivity index (χ4n) is 4.18. The van der Waals surface area contributed by atoms with Crippen LogP contribution in [-0.2, 0) is 9.59 Å². The van der Waals surface area contributed by atoms with Gasteiger partial charge < -0.3 is 16.2 Å². The largest absolute Gasteiger partial charge is 0.393 e. The predicted molar refractivity (Wildman–Crippen MR) is 124 cm³/mol. The van der Waals surface area contributed by atoms with Crippen LogP contribution in [0.1, 0.15) is 57.8 Å². The Morgan fingerprint density at radius 3 is 2.35 bits per heavy atom. The Labute approximate surface area is 188 Å². The average molecular weight is 444 g/mol. The summed E-state index contributed by atoms with van der Waals surface area (Å²) in [5.74, 6) is -1.45. The molecule has 31 heavy (non-hydrogen) atoms. The molecule has 7 heteroatoms. The van der Waals surface area contributed by atoms with E-state index >= 15 is 0 Å². The number of benzene rings is 1. The number of hydrogen-bond acceptors (Lipinski definition) is 6. The Bertz CT molecular complexity index is 932. The molecular formula is C24H33N3O3S. The van der Waals surface area contributed by atoms with Crippen LogP contribution in [0.3, 0.4) is 0 Å². The van der Waals surface area contributed by atoms with Crippen molar-refractivity contribution in [1.82, 2.24) is 10.3 Å². The fraction of sp³-hybridized carbons (Fsp3) is 0.542. The number of aryl methyl sites for hydroxylation is 1. The minimum atomic E-state index is -0.668. The summed E-state index contributed by atoms with van der Waals surface area (Å²) in [5.41, 5.74) is 10.7. The topological polar surface area (TPSA) is 105 Å². The first kappa shape index (κ1) is 23.6. The summed E-state index contributed by atoms with van der Waals surface area (Å²) in [6, 6.07) is 7.19. The summed E-state index contributed by atoms with van der Waals surface area (Å²) in [6.07, 6.45) is -0.0815. The van der Waals surface area contributed by atoms with Gasteiger partial charge in [0.15, 0.2) is 5.78 Å². The number of nitrogens with two attached hydrogens (primary N) is 1. The maximum atomic E-state index is 13.0. The number of Topliss-reactive ketones (excluding diaryl/α,β-unsaturated/α-hetero) is 1. The van der Waals surface area contributed by atoms with Gasteiger partial charge in [-0.25, -0.2) is 4.98 Å². The van der Waals surface area contributed by atoms with E-state index in [2.05, 4.69) is 10.3 Å². The number of nitrogens with zero attached hydrogens (tertiary/aromatic N) is 1. The summed E-state index contributed by atoms with van der Waals surface area (Å²) < 4.78 is 0. The van der Waals surface area contributed by atoms with Gasteiger partial charge in [-0.15, -0.1) is 11.3 Å². The highest BCUT2D eigenvalue weighted by atomic mass is 32.1. The number of thiazole rings is 1. The molecular weight excluding hydrogens is 410 g/mol. The maximum absolute atomic E-state index is 13.0. The molecule has 1 aliphatic rings. The first-order valence-corrected chi connectivity index (χ1v) is 11.6. The number of carbonyl (C=O) groups excluding carboxylic acids is 2. The lowest BCUT2D eigenvalue weighted by Gasteiger charge is -2.30. The lowest BCUT2D eigenvalue weighted by atomic mass is 9.78. The van der Waals surface area contributed by atoms with Crippen LogP contribution < -0.4 is 11.1 Å². The van der Waals surface area contributed by atoms with Gasteiger partial charge in [0, 0.05) is 5.92 Å². The third-order valence-electron chi connectivity index (χ3n) is 6.26. The normalized spacial score (nSPS) is 23.4. The summed E-state index contributed by atoms with van der Waals surface area (Å²) >= 11 is 1.60. The van der Waals surface area contributed by atoms with Crippen LogP contribution in [0.25, 0.3) is 10.4 Å². The quantitative estimate of drug-likeness (QED) is 0.632. The van der Waals surface area contributed by atoms with E-state index in [1.807, 2.05) is 64.4 Å². The van der Waals surface area contributed by atoms with Gasteiger partial charge in [0.05, 0.1) is 40.2 Å². The Morgan fingerprint density at radius 2 is 1.81 bits per heavy atom. The Hall–Kier alpha value is -2.09. The predicted octanol–water partition coefficient (Wildman–Crippen LogP) is 3.63.